The molecular formula is C50H71NO4Si. The lowest BCUT2D eigenvalue weighted by Gasteiger charge is -2.39. The van der Waals surface area contributed by atoms with Crippen molar-refractivity contribution in [2.24, 2.45) is 4.99 Å². The number of hydrogen-bond donors (Lipinski definition) is 1. The largest absolute Gasteiger partial charge is 0.547 e. The molecule has 0 aliphatic heterocycles. The molecule has 0 aliphatic rings. The maximum atomic E-state index is 14.4. The van der Waals surface area contributed by atoms with Gasteiger partial charge in [0, 0.05) is 22.9 Å². The summed E-state index contributed by atoms with van der Waals surface area (Å²) in [5.41, 5.74) is 4.52. The molecule has 0 fully saturated rings. The molecule has 0 amide bonds. The average molecular weight is 778 g/mol. The third kappa shape index (κ3) is 11.4. The summed E-state index contributed by atoms with van der Waals surface area (Å²) in [5.74, 6) is 2.15. The molecule has 0 bridgehead atoms. The van der Waals surface area contributed by atoms with E-state index < -0.39 is 20.7 Å². The Bertz CT molecular complexity index is 1810. The summed E-state index contributed by atoms with van der Waals surface area (Å²) in [6, 6.07) is 28.7. The van der Waals surface area contributed by atoms with Crippen molar-refractivity contribution in [1.29, 1.82) is 0 Å². The van der Waals surface area contributed by atoms with Crippen LogP contribution in [0.4, 0.5) is 0 Å². The second-order valence-corrected chi connectivity index (χ2v) is 21.0. The molecule has 304 valence electrons. The van der Waals surface area contributed by atoms with Crippen LogP contribution >= 0.6 is 0 Å². The van der Waals surface area contributed by atoms with Crippen LogP contribution in [0.25, 0.3) is 0 Å². The fraction of sp³-hybridized carbons (Fsp3) is 0.500. The van der Waals surface area contributed by atoms with E-state index in [2.05, 4.69) is 168 Å². The van der Waals surface area contributed by atoms with Gasteiger partial charge in [-0.2, -0.15) is 0 Å². The van der Waals surface area contributed by atoms with Crippen LogP contribution in [0.1, 0.15) is 141 Å². The van der Waals surface area contributed by atoms with Gasteiger partial charge < -0.3 is 19.0 Å². The van der Waals surface area contributed by atoms with Crippen LogP contribution in [-0.2, 0) is 28.3 Å². The molecular weight excluding hydrogens is 707 g/mol. The first-order valence-electron chi connectivity index (χ1n) is 21.0. The van der Waals surface area contributed by atoms with Gasteiger partial charge in [-0.05, 0) is 101 Å². The number of aliphatic hydroxyl groups is 1. The number of ether oxygens (including phenoxy) is 2. The summed E-state index contributed by atoms with van der Waals surface area (Å²) < 4.78 is 19.9. The Morgan fingerprint density at radius 2 is 1.14 bits per heavy atom. The lowest BCUT2D eigenvalue weighted by atomic mass is 9.73. The van der Waals surface area contributed by atoms with E-state index >= 15 is 0 Å². The topological polar surface area (TPSA) is 60.3 Å². The standard InChI is InChI=1S/C50H71NO4Si/c1-14-16-30-53-44-28-26-37(47(3,4)5)33-41(44)50(52,42-34-38(48(6,7)8)27-29-45(42)54-31-17-15-2)46(32-36-22-19-18-20-23-36)51-35-39-40(49(9,10)11)24-21-25-43(39)55-56(12)13/h18-29,33-35,46,52,56H,14-17,30-32H2,1-13H3. The van der Waals surface area contributed by atoms with Crippen molar-refractivity contribution in [3.8, 4) is 17.2 Å². The molecule has 0 saturated heterocycles. The fourth-order valence-corrected chi connectivity index (χ4v) is 7.71. The summed E-state index contributed by atoms with van der Waals surface area (Å²) in [5, 5.41) is 14.4. The maximum Gasteiger partial charge on any atom is 0.229 e. The Hall–Kier alpha value is -3.87. The average Bonchev–Trinajstić information content (AvgIpc) is 3.12. The van der Waals surface area contributed by atoms with E-state index in [1.165, 1.54) is 0 Å². The van der Waals surface area contributed by atoms with Gasteiger partial charge in [-0.3, -0.25) is 4.99 Å². The van der Waals surface area contributed by atoms with E-state index in [0.717, 1.165) is 59.3 Å². The minimum Gasteiger partial charge on any atom is -0.547 e. The van der Waals surface area contributed by atoms with Gasteiger partial charge in [-0.25, -0.2) is 0 Å². The van der Waals surface area contributed by atoms with Crippen molar-refractivity contribution in [1.82, 2.24) is 0 Å². The highest BCUT2D eigenvalue weighted by molar-refractivity contribution is 6.49. The molecule has 6 heteroatoms. The molecule has 4 rings (SSSR count). The van der Waals surface area contributed by atoms with Crippen LogP contribution in [0.2, 0.25) is 13.1 Å². The molecule has 0 saturated carbocycles. The zero-order valence-electron chi connectivity index (χ0n) is 36.9. The quantitative estimate of drug-likeness (QED) is 0.0659. The summed E-state index contributed by atoms with van der Waals surface area (Å²) >= 11 is 0. The predicted molar refractivity (Wildman–Crippen MR) is 240 cm³/mol. The molecule has 0 aliphatic carbocycles. The first-order chi connectivity index (χ1) is 26.3. The van der Waals surface area contributed by atoms with Gasteiger partial charge in [0.1, 0.15) is 22.8 Å². The minimum atomic E-state index is -1.69. The molecule has 0 aromatic heterocycles. The van der Waals surface area contributed by atoms with Crippen molar-refractivity contribution in [3.05, 3.63) is 124 Å². The van der Waals surface area contributed by atoms with E-state index in [9.17, 15) is 5.11 Å². The lowest BCUT2D eigenvalue weighted by Crippen LogP contribution is -2.42. The SMILES string of the molecule is CCCCOc1ccc(C(C)(C)C)cc1C(O)(c1cc(C(C)(C)C)ccc1OCCCC)C(Cc1ccccc1)N=Cc1c(O[SiH](C)C)cccc1C(C)(C)C. The van der Waals surface area contributed by atoms with Crippen LogP contribution in [0.5, 0.6) is 17.2 Å². The monoisotopic (exact) mass is 778 g/mol. The molecule has 0 spiro atoms. The van der Waals surface area contributed by atoms with Crippen LogP contribution in [0, 0.1) is 0 Å². The number of benzene rings is 4. The first kappa shape index (κ1) is 44.8. The van der Waals surface area contributed by atoms with Gasteiger partial charge in [0.2, 0.25) is 9.04 Å². The van der Waals surface area contributed by atoms with Gasteiger partial charge in [0.15, 0.2) is 0 Å². The van der Waals surface area contributed by atoms with E-state index in [4.69, 9.17) is 18.9 Å². The minimum absolute atomic E-state index is 0.173. The van der Waals surface area contributed by atoms with Gasteiger partial charge in [-0.1, -0.05) is 144 Å². The third-order valence-electron chi connectivity index (χ3n) is 10.4. The highest BCUT2D eigenvalue weighted by Gasteiger charge is 2.46. The van der Waals surface area contributed by atoms with E-state index in [1.807, 2.05) is 12.3 Å². The number of aliphatic imine (C=N–C) groups is 1. The molecule has 4 aromatic carbocycles. The zero-order valence-corrected chi connectivity index (χ0v) is 38.0. The van der Waals surface area contributed by atoms with Crippen molar-refractivity contribution >= 4 is 15.3 Å². The van der Waals surface area contributed by atoms with Crippen LogP contribution in [0.15, 0.2) is 89.9 Å². The highest BCUT2D eigenvalue weighted by atomic mass is 28.3. The first-order valence-corrected chi connectivity index (χ1v) is 23.7. The number of hydrogen-bond acceptors (Lipinski definition) is 5. The van der Waals surface area contributed by atoms with Crippen LogP contribution in [-0.4, -0.2) is 39.6 Å². The van der Waals surface area contributed by atoms with Crippen molar-refractivity contribution in [2.45, 2.75) is 149 Å². The predicted octanol–water partition coefficient (Wildman–Crippen LogP) is 12.3. The second kappa shape index (κ2) is 19.0. The van der Waals surface area contributed by atoms with E-state index in [0.29, 0.717) is 42.3 Å². The molecule has 56 heavy (non-hydrogen) atoms. The Morgan fingerprint density at radius 3 is 1.59 bits per heavy atom. The highest BCUT2D eigenvalue weighted by Crippen LogP contribution is 2.47. The molecule has 5 nitrogen and oxygen atoms in total. The Balaban J connectivity index is 2.20. The molecule has 1 atom stereocenters. The van der Waals surface area contributed by atoms with Gasteiger partial charge in [-0.15, -0.1) is 0 Å². The summed E-state index contributed by atoms with van der Waals surface area (Å²) in [6.45, 7) is 29.8. The summed E-state index contributed by atoms with van der Waals surface area (Å²) in [6.07, 6.45) is 6.24. The summed E-state index contributed by atoms with van der Waals surface area (Å²) in [4.78, 5) is 5.56. The van der Waals surface area contributed by atoms with Crippen LogP contribution in [0.3, 0.4) is 0 Å². The maximum absolute atomic E-state index is 14.4. The smallest absolute Gasteiger partial charge is 0.229 e. The van der Waals surface area contributed by atoms with Crippen molar-refractivity contribution in [2.75, 3.05) is 13.2 Å². The Kier molecular flexibility index (Phi) is 15.2. The normalized spacial score (nSPS) is 13.3. The second-order valence-electron chi connectivity index (χ2n) is 18.7. The van der Waals surface area contributed by atoms with E-state index in [-0.39, 0.29) is 16.2 Å². The molecule has 0 heterocycles. The Labute approximate surface area is 341 Å². The summed E-state index contributed by atoms with van der Waals surface area (Å²) in [7, 11) is -1.47. The molecule has 1 unspecified atom stereocenters. The lowest BCUT2D eigenvalue weighted by molar-refractivity contribution is 0.0460. The van der Waals surface area contributed by atoms with Crippen LogP contribution < -0.4 is 13.9 Å². The molecule has 1 N–H and O–H groups in total. The molecule has 0 radical (unpaired) electrons. The zero-order chi connectivity index (χ0) is 41.3. The van der Waals surface area contributed by atoms with Gasteiger partial charge in [0.05, 0.1) is 19.3 Å². The Morgan fingerprint density at radius 1 is 0.625 bits per heavy atom. The van der Waals surface area contributed by atoms with Crippen molar-refractivity contribution < 1.29 is 19.0 Å². The van der Waals surface area contributed by atoms with Gasteiger partial charge >= 0.3 is 0 Å². The number of rotatable bonds is 17. The molecule has 4 aromatic rings. The van der Waals surface area contributed by atoms with Crippen molar-refractivity contribution in [3.63, 3.8) is 0 Å². The number of unbranched alkanes of at least 4 members (excludes halogenated alkanes) is 2. The fourth-order valence-electron chi connectivity index (χ4n) is 7.00. The van der Waals surface area contributed by atoms with Gasteiger partial charge in [0.25, 0.3) is 0 Å². The third-order valence-corrected chi connectivity index (χ3v) is 11.1. The number of nitrogens with zero attached hydrogens (tertiary/aromatic N) is 1. The van der Waals surface area contributed by atoms with E-state index in [1.54, 1.807) is 0 Å².